The molecule has 1 aliphatic carbocycles. The SMILES string of the molecule is CCNc1cc(C)nc(N2CCN(c3nc(C)nc4c3CCC4)CC2)n1. The van der Waals surface area contributed by atoms with Gasteiger partial charge in [-0.2, -0.15) is 4.98 Å². The summed E-state index contributed by atoms with van der Waals surface area (Å²) >= 11 is 0. The summed E-state index contributed by atoms with van der Waals surface area (Å²) in [6, 6.07) is 2.00. The smallest absolute Gasteiger partial charge is 0.227 e. The summed E-state index contributed by atoms with van der Waals surface area (Å²) in [5, 5.41) is 3.29. The molecule has 1 N–H and O–H groups in total. The van der Waals surface area contributed by atoms with E-state index in [1.807, 2.05) is 19.9 Å². The molecule has 0 amide bonds. The minimum absolute atomic E-state index is 0.824. The standard InChI is InChI=1S/C19H27N7/c1-4-20-17-12-13(2)21-19(24-17)26-10-8-25(9-11-26)18-15-6-5-7-16(15)22-14(3)23-18/h12H,4-11H2,1-3H3,(H,20,21,24). The minimum atomic E-state index is 0.824. The third kappa shape index (κ3) is 3.30. The molecule has 2 aliphatic rings. The number of hydrogen-bond donors (Lipinski definition) is 1. The fourth-order valence-corrected chi connectivity index (χ4v) is 3.88. The zero-order chi connectivity index (χ0) is 18.1. The Hall–Kier alpha value is -2.44. The molecular formula is C19H27N7. The molecule has 26 heavy (non-hydrogen) atoms. The molecule has 3 heterocycles. The molecule has 1 saturated heterocycles. The van der Waals surface area contributed by atoms with Gasteiger partial charge in [0.1, 0.15) is 17.5 Å². The average Bonchev–Trinajstić information content (AvgIpc) is 3.09. The van der Waals surface area contributed by atoms with E-state index < -0.39 is 0 Å². The number of fused-ring (bicyclic) bond motifs is 1. The van der Waals surface area contributed by atoms with E-state index in [0.717, 1.165) is 74.7 Å². The van der Waals surface area contributed by atoms with Crippen molar-refractivity contribution in [2.24, 2.45) is 0 Å². The Balaban J connectivity index is 1.50. The third-order valence-electron chi connectivity index (χ3n) is 5.09. The zero-order valence-electron chi connectivity index (χ0n) is 15.9. The van der Waals surface area contributed by atoms with Crippen LogP contribution in [0.1, 0.15) is 36.1 Å². The van der Waals surface area contributed by atoms with Crippen LogP contribution in [-0.4, -0.2) is 52.7 Å². The first-order valence-electron chi connectivity index (χ1n) is 9.60. The van der Waals surface area contributed by atoms with Crippen molar-refractivity contribution in [1.82, 2.24) is 19.9 Å². The second kappa shape index (κ2) is 7.05. The zero-order valence-corrected chi connectivity index (χ0v) is 15.9. The highest BCUT2D eigenvalue weighted by Crippen LogP contribution is 2.29. The Kier molecular flexibility index (Phi) is 4.61. The maximum Gasteiger partial charge on any atom is 0.227 e. The Morgan fingerprint density at radius 3 is 2.50 bits per heavy atom. The van der Waals surface area contributed by atoms with Gasteiger partial charge in [-0.3, -0.25) is 0 Å². The molecule has 7 heteroatoms. The Morgan fingerprint density at radius 2 is 1.73 bits per heavy atom. The van der Waals surface area contributed by atoms with Gasteiger partial charge in [0.15, 0.2) is 0 Å². The van der Waals surface area contributed by atoms with Crippen molar-refractivity contribution < 1.29 is 0 Å². The number of aryl methyl sites for hydroxylation is 3. The van der Waals surface area contributed by atoms with Gasteiger partial charge in [-0.25, -0.2) is 15.0 Å². The molecule has 0 aromatic carbocycles. The number of aromatic nitrogens is 4. The second-order valence-electron chi connectivity index (χ2n) is 7.07. The molecule has 2 aromatic heterocycles. The van der Waals surface area contributed by atoms with Crippen LogP contribution in [0.25, 0.3) is 0 Å². The van der Waals surface area contributed by atoms with Crippen LogP contribution in [-0.2, 0) is 12.8 Å². The van der Waals surface area contributed by atoms with Crippen molar-refractivity contribution >= 4 is 17.6 Å². The Labute approximate surface area is 154 Å². The first-order chi connectivity index (χ1) is 12.6. The molecule has 7 nitrogen and oxygen atoms in total. The van der Waals surface area contributed by atoms with Gasteiger partial charge in [-0.05, 0) is 40.0 Å². The summed E-state index contributed by atoms with van der Waals surface area (Å²) in [6.07, 6.45) is 3.40. The van der Waals surface area contributed by atoms with Crippen LogP contribution in [0.3, 0.4) is 0 Å². The van der Waals surface area contributed by atoms with E-state index in [4.69, 9.17) is 4.98 Å². The summed E-state index contributed by atoms with van der Waals surface area (Å²) < 4.78 is 0. The predicted octanol–water partition coefficient (Wildman–Crippen LogP) is 2.13. The lowest BCUT2D eigenvalue weighted by atomic mass is 10.2. The van der Waals surface area contributed by atoms with Gasteiger partial charge in [0.25, 0.3) is 0 Å². The van der Waals surface area contributed by atoms with Crippen LogP contribution in [0.4, 0.5) is 17.6 Å². The van der Waals surface area contributed by atoms with Gasteiger partial charge in [0.05, 0.1) is 0 Å². The lowest BCUT2D eigenvalue weighted by Gasteiger charge is -2.36. The third-order valence-corrected chi connectivity index (χ3v) is 5.09. The van der Waals surface area contributed by atoms with Crippen molar-refractivity contribution in [1.29, 1.82) is 0 Å². The fraction of sp³-hybridized carbons (Fsp3) is 0.579. The van der Waals surface area contributed by atoms with Crippen LogP contribution >= 0.6 is 0 Å². The highest BCUT2D eigenvalue weighted by molar-refractivity contribution is 5.53. The monoisotopic (exact) mass is 353 g/mol. The molecule has 2 aromatic rings. The number of nitrogens with one attached hydrogen (secondary N) is 1. The van der Waals surface area contributed by atoms with Crippen molar-refractivity contribution in [2.75, 3.05) is 47.8 Å². The average molecular weight is 353 g/mol. The molecule has 0 saturated carbocycles. The molecular weight excluding hydrogens is 326 g/mol. The molecule has 4 rings (SSSR count). The molecule has 0 spiro atoms. The molecule has 1 aliphatic heterocycles. The highest BCUT2D eigenvalue weighted by atomic mass is 15.3. The van der Waals surface area contributed by atoms with Crippen molar-refractivity contribution in [3.8, 4) is 0 Å². The van der Waals surface area contributed by atoms with Gasteiger partial charge in [-0.1, -0.05) is 0 Å². The van der Waals surface area contributed by atoms with Gasteiger partial charge in [0, 0.05) is 55.7 Å². The van der Waals surface area contributed by atoms with E-state index in [0.29, 0.717) is 0 Å². The Bertz CT molecular complexity index is 797. The number of anilines is 3. The van der Waals surface area contributed by atoms with Gasteiger partial charge in [0.2, 0.25) is 5.95 Å². The normalized spacial score (nSPS) is 16.7. The van der Waals surface area contributed by atoms with Crippen molar-refractivity contribution in [3.63, 3.8) is 0 Å². The highest BCUT2D eigenvalue weighted by Gasteiger charge is 2.26. The topological polar surface area (TPSA) is 70.1 Å². The van der Waals surface area contributed by atoms with Crippen LogP contribution in [0.15, 0.2) is 6.07 Å². The summed E-state index contributed by atoms with van der Waals surface area (Å²) in [7, 11) is 0. The summed E-state index contributed by atoms with van der Waals surface area (Å²) in [5.74, 6) is 3.77. The van der Waals surface area contributed by atoms with E-state index in [1.54, 1.807) is 0 Å². The summed E-state index contributed by atoms with van der Waals surface area (Å²) in [4.78, 5) is 23.4. The van der Waals surface area contributed by atoms with Gasteiger partial charge >= 0.3 is 0 Å². The van der Waals surface area contributed by atoms with E-state index in [9.17, 15) is 0 Å². The minimum Gasteiger partial charge on any atom is -0.370 e. The van der Waals surface area contributed by atoms with Crippen molar-refractivity contribution in [3.05, 3.63) is 28.8 Å². The fourth-order valence-electron chi connectivity index (χ4n) is 3.88. The van der Waals surface area contributed by atoms with E-state index in [-0.39, 0.29) is 0 Å². The van der Waals surface area contributed by atoms with Crippen LogP contribution in [0.2, 0.25) is 0 Å². The predicted molar refractivity (Wildman–Crippen MR) is 104 cm³/mol. The number of piperazine rings is 1. The van der Waals surface area contributed by atoms with E-state index in [1.165, 1.54) is 17.7 Å². The first-order valence-corrected chi connectivity index (χ1v) is 9.60. The van der Waals surface area contributed by atoms with E-state index in [2.05, 4.69) is 37.0 Å². The maximum atomic E-state index is 4.77. The van der Waals surface area contributed by atoms with Crippen LogP contribution in [0, 0.1) is 13.8 Å². The Morgan fingerprint density at radius 1 is 0.962 bits per heavy atom. The first kappa shape index (κ1) is 17.0. The second-order valence-corrected chi connectivity index (χ2v) is 7.07. The molecule has 0 unspecified atom stereocenters. The molecule has 0 atom stereocenters. The van der Waals surface area contributed by atoms with Gasteiger partial charge < -0.3 is 15.1 Å². The maximum absolute atomic E-state index is 4.77. The van der Waals surface area contributed by atoms with Crippen LogP contribution < -0.4 is 15.1 Å². The summed E-state index contributed by atoms with van der Waals surface area (Å²) in [6.45, 7) is 10.7. The lowest BCUT2D eigenvalue weighted by Crippen LogP contribution is -2.47. The van der Waals surface area contributed by atoms with Crippen molar-refractivity contribution in [2.45, 2.75) is 40.0 Å². The number of hydrogen-bond acceptors (Lipinski definition) is 7. The van der Waals surface area contributed by atoms with E-state index >= 15 is 0 Å². The van der Waals surface area contributed by atoms with Gasteiger partial charge in [-0.15, -0.1) is 0 Å². The molecule has 1 fully saturated rings. The molecule has 0 radical (unpaired) electrons. The molecule has 0 bridgehead atoms. The number of rotatable bonds is 4. The molecule has 138 valence electrons. The lowest BCUT2D eigenvalue weighted by molar-refractivity contribution is 0.630. The quantitative estimate of drug-likeness (QED) is 0.903. The van der Waals surface area contributed by atoms with Crippen LogP contribution in [0.5, 0.6) is 0 Å². The largest absolute Gasteiger partial charge is 0.370 e. The number of nitrogens with zero attached hydrogens (tertiary/aromatic N) is 6. The summed E-state index contributed by atoms with van der Waals surface area (Å²) in [5.41, 5.74) is 3.62.